The average Bonchev–Trinajstić information content (AvgIpc) is 2.92. The third-order valence-corrected chi connectivity index (χ3v) is 4.81. The molecule has 0 aliphatic carbocycles. The number of hydrogen-bond acceptors (Lipinski definition) is 6. The number of aryl methyl sites for hydroxylation is 1. The van der Waals surface area contributed by atoms with E-state index in [1.54, 1.807) is 28.9 Å². The minimum atomic E-state index is -1.01. The SMILES string of the molecule is CNc1nc(-c2sc(CNS(C)=O)nc2C)cs1. The zero-order valence-corrected chi connectivity index (χ0v) is 12.8. The Balaban J connectivity index is 2.20. The summed E-state index contributed by atoms with van der Waals surface area (Å²) in [6.45, 7) is 2.49. The molecular formula is C10H14N4OS3. The van der Waals surface area contributed by atoms with Gasteiger partial charge in [0.15, 0.2) is 5.13 Å². The fraction of sp³-hybridized carbons (Fsp3) is 0.400. The van der Waals surface area contributed by atoms with E-state index in [1.807, 2.05) is 19.4 Å². The van der Waals surface area contributed by atoms with Gasteiger partial charge in [-0.1, -0.05) is 0 Å². The lowest BCUT2D eigenvalue weighted by Gasteiger charge is -1.94. The summed E-state index contributed by atoms with van der Waals surface area (Å²) in [7, 11) is 0.843. The summed E-state index contributed by atoms with van der Waals surface area (Å²) in [5.74, 6) is 0. The van der Waals surface area contributed by atoms with Gasteiger partial charge >= 0.3 is 0 Å². The first-order chi connectivity index (χ1) is 8.60. The zero-order chi connectivity index (χ0) is 13.1. The number of thiazole rings is 2. The van der Waals surface area contributed by atoms with Crippen LogP contribution >= 0.6 is 22.7 Å². The van der Waals surface area contributed by atoms with E-state index < -0.39 is 11.0 Å². The molecule has 0 aliphatic heterocycles. The lowest BCUT2D eigenvalue weighted by atomic mass is 10.3. The van der Waals surface area contributed by atoms with Crippen molar-refractivity contribution in [1.29, 1.82) is 0 Å². The number of anilines is 1. The predicted molar refractivity (Wildman–Crippen MR) is 78.4 cm³/mol. The van der Waals surface area contributed by atoms with Gasteiger partial charge in [0, 0.05) is 18.7 Å². The minimum absolute atomic E-state index is 0.525. The maximum absolute atomic E-state index is 11.0. The van der Waals surface area contributed by atoms with E-state index >= 15 is 0 Å². The van der Waals surface area contributed by atoms with Crippen LogP contribution in [0.15, 0.2) is 5.38 Å². The molecule has 2 aromatic rings. The van der Waals surface area contributed by atoms with Gasteiger partial charge in [-0.2, -0.15) is 0 Å². The summed E-state index contributed by atoms with van der Waals surface area (Å²) in [6.07, 6.45) is 1.61. The molecular weight excluding hydrogens is 288 g/mol. The first kappa shape index (κ1) is 13.6. The van der Waals surface area contributed by atoms with Crippen LogP contribution in [0, 0.1) is 6.92 Å². The Labute approximate surface area is 116 Å². The van der Waals surface area contributed by atoms with Crippen molar-refractivity contribution in [3.8, 4) is 10.6 Å². The predicted octanol–water partition coefficient (Wildman–Crippen LogP) is 2.00. The second kappa shape index (κ2) is 5.87. The van der Waals surface area contributed by atoms with Crippen molar-refractivity contribution in [2.75, 3.05) is 18.6 Å². The molecule has 0 spiro atoms. The van der Waals surface area contributed by atoms with E-state index in [0.29, 0.717) is 6.54 Å². The van der Waals surface area contributed by atoms with Gasteiger partial charge in [0.25, 0.3) is 0 Å². The standard InChI is InChI=1S/C10H14N4OS3/c1-6-9(7-5-16-10(11-2)14-7)17-8(13-6)4-12-18(3)15/h5,12H,4H2,1-3H3,(H,11,14). The highest BCUT2D eigenvalue weighted by molar-refractivity contribution is 7.82. The van der Waals surface area contributed by atoms with Crippen molar-refractivity contribution in [3.63, 3.8) is 0 Å². The van der Waals surface area contributed by atoms with Gasteiger partial charge in [0.05, 0.1) is 33.8 Å². The topological polar surface area (TPSA) is 66.9 Å². The summed E-state index contributed by atoms with van der Waals surface area (Å²) >= 11 is 3.16. The summed E-state index contributed by atoms with van der Waals surface area (Å²) in [4.78, 5) is 10.0. The van der Waals surface area contributed by atoms with Gasteiger partial charge in [-0.25, -0.2) is 18.9 Å². The normalized spacial score (nSPS) is 12.6. The van der Waals surface area contributed by atoms with Crippen LogP contribution in [0.1, 0.15) is 10.7 Å². The first-order valence-corrected chi connectivity index (χ1v) is 8.52. The maximum atomic E-state index is 11.0. The van der Waals surface area contributed by atoms with Crippen LogP contribution in [0.2, 0.25) is 0 Å². The van der Waals surface area contributed by atoms with Gasteiger partial charge in [-0.3, -0.25) is 0 Å². The summed E-state index contributed by atoms with van der Waals surface area (Å²) in [6, 6.07) is 0. The molecule has 0 aromatic carbocycles. The van der Waals surface area contributed by atoms with Crippen molar-refractivity contribution in [3.05, 3.63) is 16.1 Å². The van der Waals surface area contributed by atoms with Crippen LogP contribution in [0.3, 0.4) is 0 Å². The van der Waals surface area contributed by atoms with E-state index in [9.17, 15) is 4.21 Å². The molecule has 0 saturated carbocycles. The van der Waals surface area contributed by atoms with Gasteiger partial charge in [0.2, 0.25) is 0 Å². The third-order valence-electron chi connectivity index (χ3n) is 2.22. The Morgan fingerprint density at radius 3 is 2.83 bits per heavy atom. The molecule has 0 bridgehead atoms. The first-order valence-electron chi connectivity index (χ1n) is 5.27. The van der Waals surface area contributed by atoms with Crippen molar-refractivity contribution >= 4 is 38.8 Å². The summed E-state index contributed by atoms with van der Waals surface area (Å²) in [5, 5.41) is 6.86. The summed E-state index contributed by atoms with van der Waals surface area (Å²) < 4.78 is 13.8. The molecule has 1 atom stereocenters. The van der Waals surface area contributed by atoms with Crippen molar-refractivity contribution in [2.24, 2.45) is 0 Å². The second-order valence-corrected chi connectivity index (χ2v) is 6.72. The monoisotopic (exact) mass is 302 g/mol. The molecule has 18 heavy (non-hydrogen) atoms. The zero-order valence-electron chi connectivity index (χ0n) is 10.3. The lowest BCUT2D eigenvalue weighted by molar-refractivity contribution is 0.675. The molecule has 0 fully saturated rings. The van der Waals surface area contributed by atoms with Gasteiger partial charge in [-0.15, -0.1) is 22.7 Å². The molecule has 98 valence electrons. The van der Waals surface area contributed by atoms with Crippen LogP contribution in [0.25, 0.3) is 10.6 Å². The molecule has 8 heteroatoms. The second-order valence-electron chi connectivity index (χ2n) is 3.59. The van der Waals surface area contributed by atoms with Gasteiger partial charge in [0.1, 0.15) is 5.01 Å². The fourth-order valence-corrected chi connectivity index (χ4v) is 3.56. The third kappa shape index (κ3) is 3.14. The highest BCUT2D eigenvalue weighted by Crippen LogP contribution is 2.32. The molecule has 2 aromatic heterocycles. The fourth-order valence-electron chi connectivity index (χ4n) is 1.42. The van der Waals surface area contributed by atoms with E-state index in [-0.39, 0.29) is 0 Å². The van der Waals surface area contributed by atoms with Crippen molar-refractivity contribution < 1.29 is 4.21 Å². The maximum Gasteiger partial charge on any atom is 0.182 e. The smallest absolute Gasteiger partial charge is 0.182 e. The number of hydrogen-bond donors (Lipinski definition) is 2. The van der Waals surface area contributed by atoms with Crippen molar-refractivity contribution in [1.82, 2.24) is 14.7 Å². The van der Waals surface area contributed by atoms with Crippen LogP contribution in [0.5, 0.6) is 0 Å². The Kier molecular flexibility index (Phi) is 4.44. The molecule has 0 aliphatic rings. The molecule has 5 nitrogen and oxygen atoms in total. The number of rotatable bonds is 5. The Bertz CT molecular complexity index is 563. The minimum Gasteiger partial charge on any atom is -0.365 e. The van der Waals surface area contributed by atoms with Crippen LogP contribution in [-0.4, -0.2) is 27.5 Å². The lowest BCUT2D eigenvalue weighted by Crippen LogP contribution is -2.14. The molecule has 0 saturated heterocycles. The van der Waals surface area contributed by atoms with Crippen LogP contribution in [-0.2, 0) is 17.5 Å². The highest BCUT2D eigenvalue weighted by atomic mass is 32.2. The summed E-state index contributed by atoms with van der Waals surface area (Å²) in [5.41, 5.74) is 1.91. The number of nitrogens with one attached hydrogen (secondary N) is 2. The van der Waals surface area contributed by atoms with E-state index in [0.717, 1.165) is 26.4 Å². The van der Waals surface area contributed by atoms with Gasteiger partial charge < -0.3 is 5.32 Å². The molecule has 2 heterocycles. The average molecular weight is 302 g/mol. The Hall–Kier alpha value is -0.830. The number of nitrogens with zero attached hydrogens (tertiary/aromatic N) is 2. The largest absolute Gasteiger partial charge is 0.365 e. The van der Waals surface area contributed by atoms with E-state index in [1.165, 1.54) is 0 Å². The Morgan fingerprint density at radius 2 is 2.22 bits per heavy atom. The van der Waals surface area contributed by atoms with E-state index in [4.69, 9.17) is 0 Å². The van der Waals surface area contributed by atoms with E-state index in [2.05, 4.69) is 20.0 Å². The molecule has 0 amide bonds. The highest BCUT2D eigenvalue weighted by Gasteiger charge is 2.12. The molecule has 1 unspecified atom stereocenters. The van der Waals surface area contributed by atoms with Crippen molar-refractivity contribution in [2.45, 2.75) is 13.5 Å². The van der Waals surface area contributed by atoms with Crippen LogP contribution in [0.4, 0.5) is 5.13 Å². The Morgan fingerprint density at radius 1 is 1.44 bits per heavy atom. The van der Waals surface area contributed by atoms with Crippen LogP contribution < -0.4 is 10.0 Å². The molecule has 2 N–H and O–H groups in total. The molecule has 0 radical (unpaired) electrons. The molecule has 2 rings (SSSR count). The number of aromatic nitrogens is 2. The quantitative estimate of drug-likeness (QED) is 0.886. The van der Waals surface area contributed by atoms with Gasteiger partial charge in [-0.05, 0) is 6.92 Å².